The Morgan fingerprint density at radius 2 is 2.25 bits per heavy atom. The molecule has 0 saturated heterocycles. The van der Waals surface area contributed by atoms with E-state index in [0.29, 0.717) is 5.69 Å². The summed E-state index contributed by atoms with van der Waals surface area (Å²) in [4.78, 5) is 3.94. The number of imidazole rings is 1. The minimum absolute atomic E-state index is 0.0908. The Morgan fingerprint density at radius 1 is 1.44 bits per heavy atom. The molecule has 0 bridgehead atoms. The van der Waals surface area contributed by atoms with E-state index in [1.165, 1.54) is 6.07 Å². The Balaban J connectivity index is 2.58. The summed E-state index contributed by atoms with van der Waals surface area (Å²) < 4.78 is 15.5. The molecule has 0 amide bonds. The highest BCUT2D eigenvalue weighted by molar-refractivity contribution is 5.44. The van der Waals surface area contributed by atoms with E-state index in [1.807, 2.05) is 20.0 Å². The summed E-state index contributed by atoms with van der Waals surface area (Å²) in [5, 5.41) is 3.11. The SMILES string of the molecule is CNC(C)c1cccc(F)c1-n1ccnc1. The van der Waals surface area contributed by atoms with Crippen LogP contribution < -0.4 is 5.32 Å². The summed E-state index contributed by atoms with van der Waals surface area (Å²) >= 11 is 0. The van der Waals surface area contributed by atoms with Gasteiger partial charge in [0.25, 0.3) is 0 Å². The van der Waals surface area contributed by atoms with Gasteiger partial charge in [-0.25, -0.2) is 9.37 Å². The predicted molar refractivity (Wildman–Crippen MR) is 61.0 cm³/mol. The van der Waals surface area contributed by atoms with Gasteiger partial charge in [-0.2, -0.15) is 0 Å². The molecule has 1 aromatic heterocycles. The van der Waals surface area contributed by atoms with Gasteiger partial charge in [0.15, 0.2) is 0 Å². The number of para-hydroxylation sites is 1. The summed E-state index contributed by atoms with van der Waals surface area (Å²) in [6, 6.07) is 5.19. The molecule has 16 heavy (non-hydrogen) atoms. The van der Waals surface area contributed by atoms with Gasteiger partial charge in [0, 0.05) is 18.4 Å². The van der Waals surface area contributed by atoms with Crippen LogP contribution in [0.3, 0.4) is 0 Å². The van der Waals surface area contributed by atoms with Crippen molar-refractivity contribution in [1.29, 1.82) is 0 Å². The van der Waals surface area contributed by atoms with Crippen LogP contribution in [0.2, 0.25) is 0 Å². The van der Waals surface area contributed by atoms with Crippen molar-refractivity contribution < 1.29 is 4.39 Å². The molecule has 2 rings (SSSR count). The molecule has 1 heterocycles. The van der Waals surface area contributed by atoms with Crippen LogP contribution in [-0.2, 0) is 0 Å². The molecule has 84 valence electrons. The number of nitrogens with zero attached hydrogens (tertiary/aromatic N) is 2. The lowest BCUT2D eigenvalue weighted by atomic mass is 10.1. The van der Waals surface area contributed by atoms with Crippen LogP contribution in [0, 0.1) is 5.82 Å². The Kier molecular flexibility index (Phi) is 3.01. The molecule has 1 atom stereocenters. The predicted octanol–water partition coefficient (Wildman–Crippen LogP) is 2.29. The monoisotopic (exact) mass is 219 g/mol. The van der Waals surface area contributed by atoms with E-state index in [2.05, 4.69) is 10.3 Å². The van der Waals surface area contributed by atoms with Crippen molar-refractivity contribution in [3.8, 4) is 5.69 Å². The number of rotatable bonds is 3. The quantitative estimate of drug-likeness (QED) is 0.858. The van der Waals surface area contributed by atoms with E-state index in [-0.39, 0.29) is 11.9 Å². The zero-order valence-corrected chi connectivity index (χ0v) is 9.31. The molecule has 0 fully saturated rings. The van der Waals surface area contributed by atoms with Crippen molar-refractivity contribution in [2.75, 3.05) is 7.05 Å². The van der Waals surface area contributed by atoms with Crippen LogP contribution in [-0.4, -0.2) is 16.6 Å². The first-order valence-corrected chi connectivity index (χ1v) is 5.18. The minimum Gasteiger partial charge on any atom is -0.313 e. The summed E-state index contributed by atoms with van der Waals surface area (Å²) in [6.07, 6.45) is 4.98. The maximum absolute atomic E-state index is 13.8. The lowest BCUT2D eigenvalue weighted by Gasteiger charge is -2.16. The van der Waals surface area contributed by atoms with Gasteiger partial charge in [0.05, 0.1) is 12.0 Å². The van der Waals surface area contributed by atoms with Crippen LogP contribution in [0.4, 0.5) is 4.39 Å². The molecule has 4 heteroatoms. The van der Waals surface area contributed by atoms with Crippen molar-refractivity contribution in [1.82, 2.24) is 14.9 Å². The first kappa shape index (κ1) is 10.8. The number of halogens is 1. The molecule has 0 aliphatic carbocycles. The van der Waals surface area contributed by atoms with Crippen LogP contribution in [0.5, 0.6) is 0 Å². The average molecular weight is 219 g/mol. The molecule has 0 saturated carbocycles. The number of hydrogen-bond acceptors (Lipinski definition) is 2. The first-order chi connectivity index (χ1) is 7.74. The maximum Gasteiger partial charge on any atom is 0.147 e. The van der Waals surface area contributed by atoms with Crippen molar-refractivity contribution in [2.24, 2.45) is 0 Å². The molecule has 2 aromatic rings. The molecule has 0 aliphatic rings. The number of benzene rings is 1. The highest BCUT2D eigenvalue weighted by Gasteiger charge is 2.13. The Bertz CT molecular complexity index is 465. The number of hydrogen-bond donors (Lipinski definition) is 1. The second kappa shape index (κ2) is 4.45. The molecule has 0 aliphatic heterocycles. The zero-order chi connectivity index (χ0) is 11.5. The topological polar surface area (TPSA) is 29.9 Å². The van der Waals surface area contributed by atoms with Crippen molar-refractivity contribution in [2.45, 2.75) is 13.0 Å². The highest BCUT2D eigenvalue weighted by atomic mass is 19.1. The Morgan fingerprint density at radius 3 is 2.88 bits per heavy atom. The molecular formula is C12H14FN3. The molecule has 1 aromatic carbocycles. The molecular weight excluding hydrogens is 205 g/mol. The van der Waals surface area contributed by atoms with Crippen molar-refractivity contribution >= 4 is 0 Å². The fraction of sp³-hybridized carbons (Fsp3) is 0.250. The first-order valence-electron chi connectivity index (χ1n) is 5.18. The van der Waals surface area contributed by atoms with E-state index in [9.17, 15) is 4.39 Å². The van der Waals surface area contributed by atoms with Crippen molar-refractivity contribution in [3.05, 3.63) is 48.3 Å². The maximum atomic E-state index is 13.8. The summed E-state index contributed by atoms with van der Waals surface area (Å²) in [5.41, 5.74) is 1.47. The smallest absolute Gasteiger partial charge is 0.147 e. The lowest BCUT2D eigenvalue weighted by molar-refractivity contribution is 0.597. The fourth-order valence-electron chi connectivity index (χ4n) is 1.70. The van der Waals surface area contributed by atoms with Gasteiger partial charge >= 0.3 is 0 Å². The lowest BCUT2D eigenvalue weighted by Crippen LogP contribution is -2.15. The molecule has 3 nitrogen and oxygen atoms in total. The highest BCUT2D eigenvalue weighted by Crippen LogP contribution is 2.23. The van der Waals surface area contributed by atoms with Gasteiger partial charge in [-0.3, -0.25) is 0 Å². The van der Waals surface area contributed by atoms with Gasteiger partial charge in [0.2, 0.25) is 0 Å². The van der Waals surface area contributed by atoms with Crippen LogP contribution in [0.25, 0.3) is 5.69 Å². The second-order valence-electron chi connectivity index (χ2n) is 3.66. The summed E-state index contributed by atoms with van der Waals surface area (Å²) in [5.74, 6) is -0.238. The summed E-state index contributed by atoms with van der Waals surface area (Å²) in [6.45, 7) is 2.00. The summed E-state index contributed by atoms with van der Waals surface area (Å²) in [7, 11) is 1.85. The Hall–Kier alpha value is -1.68. The largest absolute Gasteiger partial charge is 0.313 e. The minimum atomic E-state index is -0.238. The third-order valence-electron chi connectivity index (χ3n) is 2.68. The molecule has 1 N–H and O–H groups in total. The van der Waals surface area contributed by atoms with Gasteiger partial charge < -0.3 is 9.88 Å². The normalized spacial score (nSPS) is 12.7. The van der Waals surface area contributed by atoms with Crippen LogP contribution in [0.1, 0.15) is 18.5 Å². The zero-order valence-electron chi connectivity index (χ0n) is 9.31. The second-order valence-corrected chi connectivity index (χ2v) is 3.66. The van der Waals surface area contributed by atoms with E-state index >= 15 is 0 Å². The third-order valence-corrected chi connectivity index (χ3v) is 2.68. The standard InChI is InChI=1S/C12H14FN3/c1-9(14-2)10-4-3-5-11(13)12(10)16-7-6-15-8-16/h3-9,14H,1-2H3. The van der Waals surface area contributed by atoms with Gasteiger partial charge in [-0.1, -0.05) is 12.1 Å². The van der Waals surface area contributed by atoms with Gasteiger partial charge in [0.1, 0.15) is 5.82 Å². The molecule has 1 unspecified atom stereocenters. The van der Waals surface area contributed by atoms with Crippen molar-refractivity contribution in [3.63, 3.8) is 0 Å². The third kappa shape index (κ3) is 1.84. The van der Waals surface area contributed by atoms with Gasteiger partial charge in [-0.15, -0.1) is 0 Å². The number of aromatic nitrogens is 2. The molecule has 0 radical (unpaired) electrons. The van der Waals surface area contributed by atoms with Gasteiger partial charge in [-0.05, 0) is 25.6 Å². The van der Waals surface area contributed by atoms with Crippen LogP contribution >= 0.6 is 0 Å². The molecule has 0 spiro atoms. The van der Waals surface area contributed by atoms with E-state index in [0.717, 1.165) is 5.56 Å². The Labute approximate surface area is 93.9 Å². The van der Waals surface area contributed by atoms with E-state index < -0.39 is 0 Å². The van der Waals surface area contributed by atoms with E-state index in [1.54, 1.807) is 29.4 Å². The van der Waals surface area contributed by atoms with Crippen LogP contribution in [0.15, 0.2) is 36.9 Å². The fourth-order valence-corrected chi connectivity index (χ4v) is 1.70. The average Bonchev–Trinajstić information content (AvgIpc) is 2.81. The van der Waals surface area contributed by atoms with E-state index in [4.69, 9.17) is 0 Å². The number of nitrogens with one attached hydrogen (secondary N) is 1.